The van der Waals surface area contributed by atoms with Crippen LogP contribution in [0, 0.1) is 12.3 Å². The number of halogens is 1. The Hall–Kier alpha value is -1.17. The van der Waals surface area contributed by atoms with Crippen LogP contribution in [0.4, 0.5) is 0 Å². The number of aromatic hydroxyl groups is 1. The molecule has 0 saturated heterocycles. The van der Waals surface area contributed by atoms with Gasteiger partial charge in [-0.1, -0.05) is 12.1 Å². The van der Waals surface area contributed by atoms with Gasteiger partial charge in [0.05, 0.1) is 13.1 Å². The zero-order valence-electron chi connectivity index (χ0n) is 9.70. The van der Waals surface area contributed by atoms with E-state index in [-0.39, 0.29) is 12.4 Å². The van der Waals surface area contributed by atoms with Crippen molar-refractivity contribution in [2.45, 2.75) is 19.4 Å². The van der Waals surface area contributed by atoms with Crippen LogP contribution in [-0.4, -0.2) is 24.7 Å². The van der Waals surface area contributed by atoms with Crippen molar-refractivity contribution in [3.8, 4) is 18.1 Å². The molecule has 2 unspecified atom stereocenters. The molecule has 0 amide bonds. The summed E-state index contributed by atoms with van der Waals surface area (Å²) in [6.07, 6.45) is 6.21. The summed E-state index contributed by atoms with van der Waals surface area (Å²) >= 11 is 0. The van der Waals surface area contributed by atoms with Gasteiger partial charge < -0.3 is 22.4 Å². The van der Waals surface area contributed by atoms with E-state index in [1.54, 1.807) is 12.1 Å². The van der Waals surface area contributed by atoms with Gasteiger partial charge in [-0.3, -0.25) is 0 Å². The van der Waals surface area contributed by atoms with E-state index in [0.29, 0.717) is 11.8 Å². The molecule has 2 N–H and O–H groups in total. The lowest BCUT2D eigenvalue weighted by Gasteiger charge is -2.19. The number of hydrogen-bond donors (Lipinski definition) is 2. The summed E-state index contributed by atoms with van der Waals surface area (Å²) < 4.78 is 0. The molecule has 1 rings (SSSR count). The standard InChI is InChI=1S/C13H17NO.ClH/c1-4-8-14(3)11(2)9-12-6-5-7-13(15)10-12;/h1,5-7,10-11,15H,8-9H2,2-3H3;1H. The van der Waals surface area contributed by atoms with Gasteiger partial charge in [0.15, 0.2) is 0 Å². The molecule has 1 aromatic carbocycles. The Bertz CT molecular complexity index is 359. The van der Waals surface area contributed by atoms with Crippen LogP contribution in [0.5, 0.6) is 5.75 Å². The first kappa shape index (κ1) is 14.8. The fourth-order valence-corrected chi connectivity index (χ4v) is 1.55. The molecule has 0 radical (unpaired) electrons. The fourth-order valence-electron chi connectivity index (χ4n) is 1.55. The van der Waals surface area contributed by atoms with Gasteiger partial charge in [-0.15, -0.1) is 6.42 Å². The van der Waals surface area contributed by atoms with Gasteiger partial charge in [0.1, 0.15) is 12.3 Å². The van der Waals surface area contributed by atoms with Crippen LogP contribution >= 0.6 is 0 Å². The van der Waals surface area contributed by atoms with Crippen LogP contribution < -0.4 is 17.3 Å². The van der Waals surface area contributed by atoms with Crippen molar-refractivity contribution in [3.63, 3.8) is 0 Å². The third kappa shape index (κ3) is 4.57. The van der Waals surface area contributed by atoms with E-state index in [2.05, 4.69) is 19.9 Å². The highest BCUT2D eigenvalue weighted by Gasteiger charge is 2.12. The van der Waals surface area contributed by atoms with E-state index in [9.17, 15) is 5.11 Å². The van der Waals surface area contributed by atoms with Crippen LogP contribution in [0.1, 0.15) is 12.5 Å². The second-order valence-electron chi connectivity index (χ2n) is 4.00. The lowest BCUT2D eigenvalue weighted by molar-refractivity contribution is -0.896. The van der Waals surface area contributed by atoms with Crippen LogP contribution in [0.2, 0.25) is 0 Å². The zero-order valence-corrected chi connectivity index (χ0v) is 10.5. The SMILES string of the molecule is C#CC[NH+](C)C(C)Cc1cccc(O)c1.[Cl-]. The molecule has 3 heteroatoms. The number of quaternary nitrogens is 1. The Kier molecular flexibility index (Phi) is 6.64. The van der Waals surface area contributed by atoms with Crippen molar-refractivity contribution in [3.05, 3.63) is 29.8 Å². The maximum Gasteiger partial charge on any atom is 0.139 e. The average Bonchev–Trinajstić information content (AvgIpc) is 2.18. The number of phenols is 1. The predicted octanol–water partition coefficient (Wildman–Crippen LogP) is -2.52. The van der Waals surface area contributed by atoms with Crippen LogP contribution in [0.15, 0.2) is 24.3 Å². The number of terminal acetylenes is 1. The molecule has 0 bridgehead atoms. The molecule has 0 saturated carbocycles. The number of benzene rings is 1. The van der Waals surface area contributed by atoms with Gasteiger partial charge in [0, 0.05) is 6.42 Å². The normalized spacial score (nSPS) is 13.3. The van der Waals surface area contributed by atoms with E-state index in [0.717, 1.165) is 18.5 Å². The smallest absolute Gasteiger partial charge is 0.139 e. The second kappa shape index (κ2) is 7.16. The molecule has 0 heterocycles. The monoisotopic (exact) mass is 239 g/mol. The quantitative estimate of drug-likeness (QED) is 0.557. The molecular formula is C13H18ClNO. The molecule has 0 aliphatic carbocycles. The van der Waals surface area contributed by atoms with Gasteiger partial charge >= 0.3 is 0 Å². The van der Waals surface area contributed by atoms with E-state index >= 15 is 0 Å². The number of nitrogens with one attached hydrogen (secondary N) is 1. The molecule has 0 aromatic heterocycles. The topological polar surface area (TPSA) is 24.7 Å². The van der Waals surface area contributed by atoms with E-state index in [1.807, 2.05) is 12.1 Å². The largest absolute Gasteiger partial charge is 1.00 e. The van der Waals surface area contributed by atoms with Gasteiger partial charge in [-0.05, 0) is 30.5 Å². The molecule has 2 nitrogen and oxygen atoms in total. The van der Waals surface area contributed by atoms with Crippen LogP contribution in [-0.2, 0) is 6.42 Å². The minimum atomic E-state index is 0. The number of phenolic OH excluding ortho intramolecular Hbond substituents is 1. The summed E-state index contributed by atoms with van der Waals surface area (Å²) in [6, 6.07) is 7.85. The van der Waals surface area contributed by atoms with Crippen molar-refractivity contribution in [1.29, 1.82) is 0 Å². The lowest BCUT2D eigenvalue weighted by atomic mass is 10.1. The highest BCUT2D eigenvalue weighted by molar-refractivity contribution is 5.27. The third-order valence-electron chi connectivity index (χ3n) is 2.67. The van der Waals surface area contributed by atoms with Crippen molar-refractivity contribution < 1.29 is 22.4 Å². The average molecular weight is 240 g/mol. The highest BCUT2D eigenvalue weighted by Crippen LogP contribution is 2.11. The Morgan fingerprint density at radius 3 is 2.75 bits per heavy atom. The van der Waals surface area contributed by atoms with Crippen LogP contribution in [0.3, 0.4) is 0 Å². The maximum absolute atomic E-state index is 9.33. The first-order chi connectivity index (χ1) is 7.13. The minimum Gasteiger partial charge on any atom is -1.00 e. The fraction of sp³-hybridized carbons (Fsp3) is 0.385. The van der Waals surface area contributed by atoms with Crippen molar-refractivity contribution >= 4 is 0 Å². The highest BCUT2D eigenvalue weighted by atomic mass is 35.5. The molecule has 1 aromatic rings. The van der Waals surface area contributed by atoms with Crippen molar-refractivity contribution in [2.24, 2.45) is 0 Å². The van der Waals surface area contributed by atoms with Crippen molar-refractivity contribution in [1.82, 2.24) is 0 Å². The van der Waals surface area contributed by atoms with Gasteiger partial charge in [-0.25, -0.2) is 0 Å². The number of likely N-dealkylation sites (N-methyl/N-ethyl adjacent to an activating group) is 1. The van der Waals surface area contributed by atoms with Gasteiger partial charge in [-0.2, -0.15) is 0 Å². The lowest BCUT2D eigenvalue weighted by Crippen LogP contribution is -3.12. The molecule has 0 fully saturated rings. The molecule has 2 atom stereocenters. The molecule has 0 spiro atoms. The van der Waals surface area contributed by atoms with Crippen molar-refractivity contribution in [2.75, 3.05) is 13.6 Å². The molecular weight excluding hydrogens is 222 g/mol. The second-order valence-corrected chi connectivity index (χ2v) is 4.00. The Morgan fingerprint density at radius 2 is 2.19 bits per heavy atom. The molecule has 0 aliphatic rings. The Morgan fingerprint density at radius 1 is 1.50 bits per heavy atom. The number of rotatable bonds is 4. The Labute approximate surface area is 104 Å². The summed E-state index contributed by atoms with van der Waals surface area (Å²) in [7, 11) is 2.09. The van der Waals surface area contributed by atoms with Gasteiger partial charge in [0.25, 0.3) is 0 Å². The zero-order chi connectivity index (χ0) is 11.3. The van der Waals surface area contributed by atoms with E-state index in [4.69, 9.17) is 6.42 Å². The summed E-state index contributed by atoms with van der Waals surface area (Å²) in [4.78, 5) is 1.32. The summed E-state index contributed by atoms with van der Waals surface area (Å²) in [5.74, 6) is 2.99. The van der Waals surface area contributed by atoms with Gasteiger partial charge in [0.2, 0.25) is 0 Å². The van der Waals surface area contributed by atoms with Crippen LogP contribution in [0.25, 0.3) is 0 Å². The number of hydrogen-bond acceptors (Lipinski definition) is 1. The molecule has 0 aliphatic heterocycles. The summed E-state index contributed by atoms with van der Waals surface area (Å²) in [5.41, 5.74) is 1.15. The molecule has 16 heavy (non-hydrogen) atoms. The summed E-state index contributed by atoms with van der Waals surface area (Å²) in [6.45, 7) is 2.90. The Balaban J connectivity index is 0.00000225. The molecule has 88 valence electrons. The maximum atomic E-state index is 9.33. The summed E-state index contributed by atoms with van der Waals surface area (Å²) in [5, 5.41) is 9.33. The van der Waals surface area contributed by atoms with E-state index < -0.39 is 0 Å². The first-order valence-electron chi connectivity index (χ1n) is 5.17. The van der Waals surface area contributed by atoms with E-state index in [1.165, 1.54) is 4.90 Å². The predicted molar refractivity (Wildman–Crippen MR) is 61.9 cm³/mol. The first-order valence-corrected chi connectivity index (χ1v) is 5.17. The minimum absolute atomic E-state index is 0. The third-order valence-corrected chi connectivity index (χ3v) is 2.67.